The van der Waals surface area contributed by atoms with Crippen molar-refractivity contribution in [1.29, 1.82) is 0 Å². The van der Waals surface area contributed by atoms with E-state index in [9.17, 15) is 22.8 Å². The van der Waals surface area contributed by atoms with Gasteiger partial charge in [-0.15, -0.1) is 0 Å². The van der Waals surface area contributed by atoms with E-state index in [-0.39, 0.29) is 35.7 Å². The number of anilines is 1. The molecule has 0 radical (unpaired) electrons. The molecule has 1 aliphatic heterocycles. The second-order valence-electron chi connectivity index (χ2n) is 8.71. The Morgan fingerprint density at radius 3 is 2.55 bits per heavy atom. The number of ether oxygens (including phenoxy) is 3. The molecule has 38 heavy (non-hydrogen) atoms. The number of amides is 2. The molecule has 202 valence electrons. The maximum atomic E-state index is 13.1. The number of nitrogens with one attached hydrogen (secondary N) is 2. The molecule has 0 unspecified atom stereocenters. The first kappa shape index (κ1) is 27.3. The maximum absolute atomic E-state index is 13.1. The molecule has 2 aliphatic rings. The molecule has 0 atom stereocenters. The van der Waals surface area contributed by atoms with E-state index < -0.39 is 28.5 Å². The van der Waals surface area contributed by atoms with Crippen LogP contribution in [-0.4, -0.2) is 76.6 Å². The van der Waals surface area contributed by atoms with Crippen molar-refractivity contribution in [1.82, 2.24) is 9.62 Å². The Morgan fingerprint density at radius 2 is 1.84 bits per heavy atom. The standard InChI is InChI=1S/C26H29N3O8S/c1-35-22-10-6-18(16-23(22)38(33,34)29-12-14-36-15-13-29)7-11-25(31)37-17-24(30)28-21-5-3-2-4-20(21)26(32)27-19-8-9-19/h2-7,10-11,16,19H,8-9,12-15,17H2,1H3,(H,27,32)(H,28,30)/b11-7+. The predicted molar refractivity (Wildman–Crippen MR) is 138 cm³/mol. The van der Waals surface area contributed by atoms with Crippen molar-refractivity contribution in [3.05, 3.63) is 59.7 Å². The van der Waals surface area contributed by atoms with Crippen molar-refractivity contribution in [3.63, 3.8) is 0 Å². The van der Waals surface area contributed by atoms with Crippen molar-refractivity contribution in [3.8, 4) is 5.75 Å². The first-order valence-corrected chi connectivity index (χ1v) is 13.5. The number of sulfonamides is 1. The van der Waals surface area contributed by atoms with Gasteiger partial charge in [-0.1, -0.05) is 18.2 Å². The van der Waals surface area contributed by atoms with Gasteiger partial charge in [-0.25, -0.2) is 13.2 Å². The van der Waals surface area contributed by atoms with Crippen LogP contribution in [0.15, 0.2) is 53.4 Å². The molecule has 1 heterocycles. The van der Waals surface area contributed by atoms with Crippen LogP contribution in [0.4, 0.5) is 5.69 Å². The van der Waals surface area contributed by atoms with Crippen molar-refractivity contribution in [2.75, 3.05) is 45.3 Å². The Hall–Kier alpha value is -3.74. The number of para-hydroxylation sites is 1. The minimum absolute atomic E-state index is 0.0267. The van der Waals surface area contributed by atoms with Gasteiger partial charge in [0.1, 0.15) is 10.6 Å². The van der Waals surface area contributed by atoms with Gasteiger partial charge >= 0.3 is 5.97 Å². The largest absolute Gasteiger partial charge is 0.495 e. The average Bonchev–Trinajstić information content (AvgIpc) is 3.75. The van der Waals surface area contributed by atoms with Crippen LogP contribution < -0.4 is 15.4 Å². The zero-order valence-corrected chi connectivity index (χ0v) is 21.7. The fourth-order valence-electron chi connectivity index (χ4n) is 3.74. The summed E-state index contributed by atoms with van der Waals surface area (Å²) in [6.07, 6.45) is 4.35. The lowest BCUT2D eigenvalue weighted by molar-refractivity contribution is -0.142. The Bertz CT molecular complexity index is 1330. The number of hydrogen-bond donors (Lipinski definition) is 2. The highest BCUT2D eigenvalue weighted by atomic mass is 32.2. The number of rotatable bonds is 10. The summed E-state index contributed by atoms with van der Waals surface area (Å²) < 4.78 is 43.0. The van der Waals surface area contributed by atoms with Crippen molar-refractivity contribution in [2.45, 2.75) is 23.8 Å². The van der Waals surface area contributed by atoms with Gasteiger partial charge < -0.3 is 24.8 Å². The van der Waals surface area contributed by atoms with Crippen LogP contribution in [0.2, 0.25) is 0 Å². The summed E-state index contributed by atoms with van der Waals surface area (Å²) in [5.74, 6) is -1.51. The third-order valence-electron chi connectivity index (χ3n) is 5.89. The minimum atomic E-state index is -3.83. The monoisotopic (exact) mass is 543 g/mol. The summed E-state index contributed by atoms with van der Waals surface area (Å²) in [4.78, 5) is 36.9. The fourth-order valence-corrected chi connectivity index (χ4v) is 5.34. The normalized spacial score (nSPS) is 16.1. The van der Waals surface area contributed by atoms with Gasteiger partial charge in [0, 0.05) is 25.2 Å². The molecule has 2 aromatic rings. The van der Waals surface area contributed by atoms with Crippen LogP contribution in [0, 0.1) is 0 Å². The molecular formula is C26H29N3O8S. The second kappa shape index (κ2) is 12.2. The summed E-state index contributed by atoms with van der Waals surface area (Å²) in [5, 5.41) is 5.45. The second-order valence-corrected chi connectivity index (χ2v) is 10.6. The topological polar surface area (TPSA) is 140 Å². The minimum Gasteiger partial charge on any atom is -0.495 e. The lowest BCUT2D eigenvalue weighted by atomic mass is 10.1. The molecule has 0 aromatic heterocycles. The average molecular weight is 544 g/mol. The first-order valence-electron chi connectivity index (χ1n) is 12.1. The van der Waals surface area contributed by atoms with Gasteiger partial charge in [0.05, 0.1) is 31.6 Å². The van der Waals surface area contributed by atoms with Crippen LogP contribution >= 0.6 is 0 Å². The molecule has 4 rings (SSSR count). The number of hydrogen-bond acceptors (Lipinski definition) is 8. The van der Waals surface area contributed by atoms with Gasteiger partial charge in [0.25, 0.3) is 11.8 Å². The van der Waals surface area contributed by atoms with E-state index >= 15 is 0 Å². The summed E-state index contributed by atoms with van der Waals surface area (Å²) in [6, 6.07) is 11.2. The predicted octanol–water partition coefficient (Wildman–Crippen LogP) is 1.80. The number of carbonyl (C=O) groups excluding carboxylic acids is 3. The van der Waals surface area contributed by atoms with E-state index in [1.165, 1.54) is 29.6 Å². The summed E-state index contributed by atoms with van der Waals surface area (Å²) in [6.45, 7) is 0.506. The molecule has 2 N–H and O–H groups in total. The molecule has 2 aromatic carbocycles. The molecule has 2 amide bonds. The molecule has 2 fully saturated rings. The molecule has 1 saturated carbocycles. The van der Waals surface area contributed by atoms with Gasteiger partial charge in [-0.2, -0.15) is 4.31 Å². The van der Waals surface area contributed by atoms with Gasteiger partial charge in [0.2, 0.25) is 10.0 Å². The van der Waals surface area contributed by atoms with Gasteiger partial charge in [-0.05, 0) is 48.7 Å². The summed E-state index contributed by atoms with van der Waals surface area (Å²) in [7, 11) is -2.45. The quantitative estimate of drug-likeness (QED) is 0.342. The number of morpholine rings is 1. The van der Waals surface area contributed by atoms with Crippen LogP contribution in [0.3, 0.4) is 0 Å². The van der Waals surface area contributed by atoms with Crippen molar-refractivity contribution >= 4 is 39.6 Å². The molecule has 1 saturated heterocycles. The number of nitrogens with zero attached hydrogens (tertiary/aromatic N) is 1. The van der Waals surface area contributed by atoms with E-state index in [1.807, 2.05) is 0 Å². The molecule has 11 nitrogen and oxygen atoms in total. The zero-order valence-electron chi connectivity index (χ0n) is 20.8. The van der Waals surface area contributed by atoms with Crippen LogP contribution in [0.5, 0.6) is 5.75 Å². The smallest absolute Gasteiger partial charge is 0.331 e. The summed E-state index contributed by atoms with van der Waals surface area (Å²) in [5.41, 5.74) is 1.06. The molecular weight excluding hydrogens is 514 g/mol. The van der Waals surface area contributed by atoms with Crippen LogP contribution in [-0.2, 0) is 29.1 Å². The molecule has 1 aliphatic carbocycles. The van der Waals surface area contributed by atoms with Crippen LogP contribution in [0.1, 0.15) is 28.8 Å². The fraction of sp³-hybridized carbons (Fsp3) is 0.346. The Labute approximate surface area is 220 Å². The SMILES string of the molecule is COc1ccc(/C=C/C(=O)OCC(=O)Nc2ccccc2C(=O)NC2CC2)cc1S(=O)(=O)N1CCOCC1. The van der Waals surface area contributed by atoms with Crippen molar-refractivity contribution in [2.24, 2.45) is 0 Å². The van der Waals surface area contributed by atoms with E-state index in [0.29, 0.717) is 30.0 Å². The van der Waals surface area contributed by atoms with E-state index in [0.717, 1.165) is 18.9 Å². The van der Waals surface area contributed by atoms with Crippen LogP contribution in [0.25, 0.3) is 6.08 Å². The molecule has 12 heteroatoms. The Kier molecular flexibility index (Phi) is 8.77. The zero-order chi connectivity index (χ0) is 27.1. The number of methoxy groups -OCH3 is 1. The van der Waals surface area contributed by atoms with E-state index in [2.05, 4.69) is 10.6 Å². The van der Waals surface area contributed by atoms with E-state index in [4.69, 9.17) is 14.2 Å². The third kappa shape index (κ3) is 6.97. The van der Waals surface area contributed by atoms with E-state index in [1.54, 1.807) is 30.3 Å². The number of esters is 1. The lowest BCUT2D eigenvalue weighted by Crippen LogP contribution is -2.40. The molecule has 0 bridgehead atoms. The first-order chi connectivity index (χ1) is 18.3. The summed E-state index contributed by atoms with van der Waals surface area (Å²) >= 11 is 0. The van der Waals surface area contributed by atoms with Gasteiger partial charge in [0.15, 0.2) is 6.61 Å². The highest BCUT2D eigenvalue weighted by Gasteiger charge is 2.29. The Morgan fingerprint density at radius 1 is 1.11 bits per heavy atom. The lowest BCUT2D eigenvalue weighted by Gasteiger charge is -2.26. The third-order valence-corrected chi connectivity index (χ3v) is 7.81. The van der Waals surface area contributed by atoms with Crippen molar-refractivity contribution < 1.29 is 37.0 Å². The number of benzene rings is 2. The number of carbonyl (C=O) groups is 3. The Balaban J connectivity index is 1.35. The highest BCUT2D eigenvalue weighted by Crippen LogP contribution is 2.29. The highest BCUT2D eigenvalue weighted by molar-refractivity contribution is 7.89. The van der Waals surface area contributed by atoms with Gasteiger partial charge in [-0.3, -0.25) is 9.59 Å². The molecule has 0 spiro atoms. The maximum Gasteiger partial charge on any atom is 0.331 e.